The summed E-state index contributed by atoms with van der Waals surface area (Å²) in [5, 5.41) is 2.61. The van der Waals surface area contributed by atoms with Crippen LogP contribution in [0.15, 0.2) is 146 Å². The van der Waals surface area contributed by atoms with Gasteiger partial charge in [0.2, 0.25) is 0 Å². The van der Waals surface area contributed by atoms with Crippen LogP contribution in [-0.2, 0) is 5.41 Å². The van der Waals surface area contributed by atoms with E-state index in [1.807, 2.05) is 11.3 Å². The third-order valence-corrected chi connectivity index (χ3v) is 10.7. The van der Waals surface area contributed by atoms with Gasteiger partial charge in [0.1, 0.15) is 0 Å². The minimum atomic E-state index is -0.235. The summed E-state index contributed by atoms with van der Waals surface area (Å²) in [4.78, 5) is 10.8. The molecule has 0 saturated heterocycles. The van der Waals surface area contributed by atoms with Crippen molar-refractivity contribution in [3.05, 3.63) is 157 Å². The minimum Gasteiger partial charge on any atom is -0.228 e. The van der Waals surface area contributed by atoms with E-state index >= 15 is 0 Å². The van der Waals surface area contributed by atoms with E-state index in [0.717, 1.165) is 28.3 Å². The first-order chi connectivity index (χ1) is 22.6. The molecule has 1 aliphatic rings. The molecular weight excluding hydrogens is 577 g/mol. The van der Waals surface area contributed by atoms with E-state index in [1.165, 1.54) is 59.1 Å². The molecule has 8 aromatic rings. The van der Waals surface area contributed by atoms with Gasteiger partial charge >= 0.3 is 0 Å². The fraction of sp³-hybridized carbons (Fsp3) is 0.0698. The van der Waals surface area contributed by atoms with E-state index in [2.05, 4.69) is 159 Å². The Morgan fingerprint density at radius 2 is 1.09 bits per heavy atom. The summed E-state index contributed by atoms with van der Waals surface area (Å²) in [6, 6.07) is 52.2. The first kappa shape index (κ1) is 27.0. The second-order valence-electron chi connectivity index (χ2n) is 12.6. The lowest BCUT2D eigenvalue weighted by molar-refractivity contribution is 0.658. The van der Waals surface area contributed by atoms with Crippen LogP contribution in [0.2, 0.25) is 0 Å². The average molecular weight is 607 g/mol. The number of thiophene rings is 1. The molecule has 3 heteroatoms. The van der Waals surface area contributed by atoms with Crippen LogP contribution in [0.5, 0.6) is 0 Å². The summed E-state index contributed by atoms with van der Waals surface area (Å²) >= 11 is 1.86. The van der Waals surface area contributed by atoms with Gasteiger partial charge in [0.25, 0.3) is 0 Å². The molecule has 2 nitrogen and oxygen atoms in total. The summed E-state index contributed by atoms with van der Waals surface area (Å²) in [6.45, 7) is 4.61. The van der Waals surface area contributed by atoms with Crippen LogP contribution >= 0.6 is 11.3 Å². The highest BCUT2D eigenvalue weighted by molar-refractivity contribution is 7.26. The highest BCUT2D eigenvalue weighted by atomic mass is 32.1. The van der Waals surface area contributed by atoms with Crippen molar-refractivity contribution >= 4 is 31.5 Å². The predicted octanol–water partition coefficient (Wildman–Crippen LogP) is 11.8. The smallest absolute Gasteiger partial charge is 0.160 e. The van der Waals surface area contributed by atoms with Crippen LogP contribution in [-0.4, -0.2) is 9.97 Å². The van der Waals surface area contributed by atoms with E-state index in [9.17, 15) is 0 Å². The Balaban J connectivity index is 1.26. The zero-order chi connectivity index (χ0) is 30.8. The quantitative estimate of drug-likeness (QED) is 0.199. The van der Waals surface area contributed by atoms with Crippen LogP contribution < -0.4 is 0 Å². The third kappa shape index (κ3) is 4.16. The van der Waals surface area contributed by atoms with Crippen LogP contribution in [0.3, 0.4) is 0 Å². The summed E-state index contributed by atoms with van der Waals surface area (Å²) in [7, 11) is 0. The van der Waals surface area contributed by atoms with Crippen molar-refractivity contribution in [3.8, 4) is 56.2 Å². The van der Waals surface area contributed by atoms with Gasteiger partial charge < -0.3 is 0 Å². The molecule has 0 fully saturated rings. The lowest BCUT2D eigenvalue weighted by Crippen LogP contribution is -2.17. The maximum Gasteiger partial charge on any atom is 0.160 e. The third-order valence-electron chi connectivity index (χ3n) is 9.47. The van der Waals surface area contributed by atoms with Crippen molar-refractivity contribution in [1.82, 2.24) is 9.97 Å². The monoisotopic (exact) mass is 606 g/mol. The van der Waals surface area contributed by atoms with E-state index in [0.29, 0.717) is 0 Å². The number of aromatic nitrogens is 2. The van der Waals surface area contributed by atoms with E-state index in [1.54, 1.807) is 0 Å². The molecule has 0 bridgehead atoms. The molecule has 0 atom stereocenters. The number of nitrogens with zero attached hydrogens (tertiary/aromatic N) is 2. The van der Waals surface area contributed by atoms with Crippen LogP contribution in [0.1, 0.15) is 25.0 Å². The fourth-order valence-electron chi connectivity index (χ4n) is 7.23. The molecule has 9 rings (SSSR count). The van der Waals surface area contributed by atoms with Gasteiger partial charge in [-0.25, -0.2) is 9.97 Å². The lowest BCUT2D eigenvalue weighted by Gasteiger charge is -2.24. The Morgan fingerprint density at radius 3 is 1.98 bits per heavy atom. The van der Waals surface area contributed by atoms with Gasteiger partial charge in [-0.3, -0.25) is 0 Å². The molecule has 0 radical (unpaired) electrons. The lowest BCUT2D eigenvalue weighted by atomic mass is 9.80. The Kier molecular flexibility index (Phi) is 6.06. The molecule has 0 unspecified atom stereocenters. The number of hydrogen-bond donors (Lipinski definition) is 0. The maximum atomic E-state index is 5.42. The largest absolute Gasteiger partial charge is 0.228 e. The Morgan fingerprint density at radius 1 is 0.478 bits per heavy atom. The first-order valence-electron chi connectivity index (χ1n) is 15.8. The fourth-order valence-corrected chi connectivity index (χ4v) is 8.47. The number of hydrogen-bond acceptors (Lipinski definition) is 3. The molecule has 2 heterocycles. The van der Waals surface area contributed by atoms with Gasteiger partial charge in [-0.1, -0.05) is 141 Å². The van der Waals surface area contributed by atoms with Crippen molar-refractivity contribution in [2.75, 3.05) is 0 Å². The number of fused-ring (bicyclic) bond motifs is 6. The Bertz CT molecular complexity index is 2450. The van der Waals surface area contributed by atoms with Gasteiger partial charge in [-0.05, 0) is 46.0 Å². The van der Waals surface area contributed by atoms with Crippen molar-refractivity contribution in [2.24, 2.45) is 0 Å². The van der Waals surface area contributed by atoms with E-state index in [-0.39, 0.29) is 5.41 Å². The van der Waals surface area contributed by atoms with Crippen molar-refractivity contribution in [3.63, 3.8) is 0 Å². The molecule has 6 aromatic carbocycles. The van der Waals surface area contributed by atoms with Crippen molar-refractivity contribution in [1.29, 1.82) is 0 Å². The molecule has 0 saturated carbocycles. The van der Waals surface area contributed by atoms with Gasteiger partial charge in [0.05, 0.1) is 11.4 Å². The zero-order valence-electron chi connectivity index (χ0n) is 25.7. The van der Waals surface area contributed by atoms with Gasteiger partial charge in [0.15, 0.2) is 5.82 Å². The highest BCUT2D eigenvalue weighted by Crippen LogP contribution is 2.51. The topological polar surface area (TPSA) is 25.8 Å². The van der Waals surface area contributed by atoms with Crippen molar-refractivity contribution in [2.45, 2.75) is 19.3 Å². The zero-order valence-corrected chi connectivity index (χ0v) is 26.5. The molecule has 0 aliphatic heterocycles. The van der Waals surface area contributed by atoms with E-state index in [4.69, 9.17) is 9.97 Å². The summed E-state index contributed by atoms with van der Waals surface area (Å²) < 4.78 is 2.62. The molecule has 2 aromatic heterocycles. The summed E-state index contributed by atoms with van der Waals surface area (Å²) in [6.07, 6.45) is 0. The highest BCUT2D eigenvalue weighted by Gasteiger charge is 2.40. The van der Waals surface area contributed by atoms with Crippen molar-refractivity contribution < 1.29 is 0 Å². The van der Waals surface area contributed by atoms with Crippen LogP contribution in [0.4, 0.5) is 0 Å². The Hall–Kier alpha value is -5.38. The normalized spacial score (nSPS) is 13.2. The second-order valence-corrected chi connectivity index (χ2v) is 13.7. The minimum absolute atomic E-state index is 0.235. The number of benzene rings is 6. The molecule has 46 heavy (non-hydrogen) atoms. The number of rotatable bonds is 4. The average Bonchev–Trinajstić information content (AvgIpc) is 3.61. The Labute approximate surface area is 272 Å². The van der Waals surface area contributed by atoms with Crippen LogP contribution in [0, 0.1) is 0 Å². The van der Waals surface area contributed by atoms with Gasteiger partial charge in [0, 0.05) is 47.8 Å². The molecule has 0 N–H and O–H groups in total. The first-order valence-corrected chi connectivity index (χ1v) is 16.6. The molecular formula is C43H30N2S. The molecule has 0 amide bonds. The van der Waals surface area contributed by atoms with Gasteiger partial charge in [-0.15, -0.1) is 11.3 Å². The SMILES string of the molecule is CC1(C)c2ccccc2-c2nc(-c3cccc(-c4cccc5c4sc4ccccc45)c3)nc(-c3cccc(-c4ccccc4)c3)c21. The van der Waals surface area contributed by atoms with E-state index < -0.39 is 0 Å². The van der Waals surface area contributed by atoms with Crippen LogP contribution in [0.25, 0.3) is 76.3 Å². The standard InChI is InChI=1S/C43H30N2S/c1-43(2)36-23-8-6-20-35(36)40-38(43)39(30-17-10-15-28(25-30)27-13-4-3-5-14-27)44-42(45-40)31-18-11-16-29(26-31)32-21-12-22-34-33-19-7-9-24-37(33)46-41(32)34/h3-26H,1-2H3. The molecule has 218 valence electrons. The molecule has 1 aliphatic carbocycles. The summed E-state index contributed by atoms with van der Waals surface area (Å²) in [5.41, 5.74) is 12.4. The van der Waals surface area contributed by atoms with Gasteiger partial charge in [-0.2, -0.15) is 0 Å². The predicted molar refractivity (Wildman–Crippen MR) is 194 cm³/mol. The molecule has 0 spiro atoms. The maximum absolute atomic E-state index is 5.42. The summed E-state index contributed by atoms with van der Waals surface area (Å²) in [5.74, 6) is 0.747. The second kappa shape index (κ2) is 10.3.